The third-order valence-electron chi connectivity index (χ3n) is 3.38. The van der Waals surface area contributed by atoms with Crippen LogP contribution in [0.5, 0.6) is 0 Å². The summed E-state index contributed by atoms with van der Waals surface area (Å²) in [6.07, 6.45) is 7.36. The largest absolute Gasteiger partial charge is 0.435 e. The summed E-state index contributed by atoms with van der Waals surface area (Å²) in [5.74, 6) is 0.195. The van der Waals surface area contributed by atoms with Crippen LogP contribution in [-0.4, -0.2) is 16.8 Å². The van der Waals surface area contributed by atoms with Crippen molar-refractivity contribution in [2.24, 2.45) is 0 Å². The molecular formula is C16H20F3N3. The number of nitrogens with zero attached hydrogens (tertiary/aromatic N) is 2. The Morgan fingerprint density at radius 1 is 1.45 bits per heavy atom. The minimum atomic E-state index is -4.40. The standard InChI is InChI=1S/C16H20F3N3/c1-3-4-6-13(20-2)7-5-10-22-14(12-8-9-12)11-15(21-22)16(17,18)19/h4-7,10-12,20H,3,8-9H2,1-2H3/b6-4?,10-5+,13-7+. The maximum atomic E-state index is 12.8. The molecule has 1 aliphatic carbocycles. The average Bonchev–Trinajstić information content (AvgIpc) is 3.21. The molecule has 1 heterocycles. The first-order valence-electron chi connectivity index (χ1n) is 7.35. The van der Waals surface area contributed by atoms with Gasteiger partial charge in [0.25, 0.3) is 0 Å². The van der Waals surface area contributed by atoms with Gasteiger partial charge in [-0.3, -0.25) is 0 Å². The van der Waals surface area contributed by atoms with Crippen LogP contribution in [0, 0.1) is 0 Å². The number of likely N-dealkylation sites (N-methyl/N-ethyl adjacent to an activating group) is 1. The number of rotatable bonds is 6. The van der Waals surface area contributed by atoms with Gasteiger partial charge in [0, 0.05) is 30.6 Å². The second-order valence-electron chi connectivity index (χ2n) is 5.20. The lowest BCUT2D eigenvalue weighted by Crippen LogP contribution is -2.06. The first-order chi connectivity index (χ1) is 10.5. The molecule has 0 amide bonds. The van der Waals surface area contributed by atoms with E-state index in [2.05, 4.69) is 10.4 Å². The van der Waals surface area contributed by atoms with Crippen LogP contribution in [0.25, 0.3) is 6.20 Å². The van der Waals surface area contributed by atoms with E-state index in [9.17, 15) is 13.2 Å². The summed E-state index contributed by atoms with van der Waals surface area (Å²) in [7, 11) is 1.80. The van der Waals surface area contributed by atoms with Gasteiger partial charge in [0.05, 0.1) is 0 Å². The molecule has 1 aromatic heterocycles. The lowest BCUT2D eigenvalue weighted by molar-refractivity contribution is -0.141. The van der Waals surface area contributed by atoms with Gasteiger partial charge in [-0.2, -0.15) is 18.3 Å². The number of hydrogen-bond donors (Lipinski definition) is 1. The third kappa shape index (κ3) is 4.26. The number of hydrogen-bond acceptors (Lipinski definition) is 2. The summed E-state index contributed by atoms with van der Waals surface area (Å²) >= 11 is 0. The fraction of sp³-hybridized carbons (Fsp3) is 0.438. The molecular weight excluding hydrogens is 291 g/mol. The van der Waals surface area contributed by atoms with Crippen molar-refractivity contribution >= 4 is 6.20 Å². The molecule has 1 fully saturated rings. The van der Waals surface area contributed by atoms with Gasteiger partial charge in [0.2, 0.25) is 0 Å². The highest BCUT2D eigenvalue weighted by atomic mass is 19.4. The van der Waals surface area contributed by atoms with E-state index in [-0.39, 0.29) is 5.92 Å². The van der Waals surface area contributed by atoms with Crippen LogP contribution in [0.3, 0.4) is 0 Å². The average molecular weight is 311 g/mol. The van der Waals surface area contributed by atoms with Gasteiger partial charge in [0.15, 0.2) is 5.69 Å². The van der Waals surface area contributed by atoms with E-state index in [0.29, 0.717) is 5.69 Å². The number of allylic oxidation sites excluding steroid dienone is 4. The normalized spacial score (nSPS) is 16.9. The number of alkyl halides is 3. The van der Waals surface area contributed by atoms with Crippen molar-refractivity contribution < 1.29 is 13.2 Å². The van der Waals surface area contributed by atoms with Crippen LogP contribution in [0.2, 0.25) is 0 Å². The lowest BCUT2D eigenvalue weighted by Gasteiger charge is -2.01. The van der Waals surface area contributed by atoms with E-state index in [1.807, 2.05) is 19.1 Å². The molecule has 0 radical (unpaired) electrons. The van der Waals surface area contributed by atoms with Gasteiger partial charge >= 0.3 is 6.18 Å². The van der Waals surface area contributed by atoms with Gasteiger partial charge < -0.3 is 5.32 Å². The molecule has 120 valence electrons. The summed E-state index contributed by atoms with van der Waals surface area (Å²) < 4.78 is 39.7. The van der Waals surface area contributed by atoms with Crippen molar-refractivity contribution in [3.8, 4) is 0 Å². The monoisotopic (exact) mass is 311 g/mol. The molecule has 2 rings (SSSR count). The van der Waals surface area contributed by atoms with Crippen LogP contribution < -0.4 is 5.32 Å². The Kier molecular flexibility index (Phi) is 5.11. The van der Waals surface area contributed by atoms with Crippen molar-refractivity contribution in [1.29, 1.82) is 0 Å². The summed E-state index contributed by atoms with van der Waals surface area (Å²) in [5, 5.41) is 6.68. The minimum absolute atomic E-state index is 0.195. The molecule has 1 aliphatic rings. The second kappa shape index (κ2) is 6.85. The predicted octanol–water partition coefficient (Wildman–Crippen LogP) is 4.32. The first kappa shape index (κ1) is 16.4. The zero-order chi connectivity index (χ0) is 16.2. The SMILES string of the molecule is CCC=C/C(=C\C=C\n1nc(C(F)(F)F)cc1C1CC1)NC. The highest BCUT2D eigenvalue weighted by Gasteiger charge is 2.37. The zero-order valence-corrected chi connectivity index (χ0v) is 12.7. The van der Waals surface area contributed by atoms with E-state index >= 15 is 0 Å². The lowest BCUT2D eigenvalue weighted by atomic mass is 10.2. The highest BCUT2D eigenvalue weighted by Crippen LogP contribution is 2.42. The van der Waals surface area contributed by atoms with Gasteiger partial charge in [-0.25, -0.2) is 4.68 Å². The smallest absolute Gasteiger partial charge is 0.388 e. The van der Waals surface area contributed by atoms with Crippen molar-refractivity contribution in [3.05, 3.63) is 47.5 Å². The third-order valence-corrected chi connectivity index (χ3v) is 3.38. The van der Waals surface area contributed by atoms with Crippen LogP contribution in [0.1, 0.15) is 43.5 Å². The minimum Gasteiger partial charge on any atom is -0.388 e. The molecule has 3 nitrogen and oxygen atoms in total. The molecule has 0 bridgehead atoms. The summed E-state index contributed by atoms with van der Waals surface area (Å²) in [6, 6.07) is 1.15. The second-order valence-corrected chi connectivity index (χ2v) is 5.20. The molecule has 0 aromatic carbocycles. The summed E-state index contributed by atoms with van der Waals surface area (Å²) in [6.45, 7) is 2.03. The molecule has 0 aliphatic heterocycles. The summed E-state index contributed by atoms with van der Waals surface area (Å²) in [5.41, 5.74) is 0.684. The van der Waals surface area contributed by atoms with Crippen LogP contribution in [0.4, 0.5) is 13.2 Å². The Morgan fingerprint density at radius 3 is 2.73 bits per heavy atom. The first-order valence-corrected chi connectivity index (χ1v) is 7.35. The predicted molar refractivity (Wildman–Crippen MR) is 81.1 cm³/mol. The molecule has 1 aromatic rings. The van der Waals surface area contributed by atoms with Crippen LogP contribution in [0.15, 0.2) is 36.1 Å². The van der Waals surface area contributed by atoms with E-state index in [4.69, 9.17) is 0 Å². The molecule has 0 atom stereocenters. The molecule has 22 heavy (non-hydrogen) atoms. The van der Waals surface area contributed by atoms with Gasteiger partial charge in [-0.1, -0.05) is 13.0 Å². The van der Waals surface area contributed by atoms with Crippen molar-refractivity contribution in [3.63, 3.8) is 0 Å². The fourth-order valence-corrected chi connectivity index (χ4v) is 2.05. The number of nitrogens with one attached hydrogen (secondary N) is 1. The van der Waals surface area contributed by atoms with Crippen molar-refractivity contribution in [1.82, 2.24) is 15.1 Å². The molecule has 0 unspecified atom stereocenters. The van der Waals surface area contributed by atoms with E-state index in [1.54, 1.807) is 25.4 Å². The maximum absolute atomic E-state index is 12.8. The Bertz CT molecular complexity index is 590. The van der Waals surface area contributed by atoms with Gasteiger partial charge in [-0.05, 0) is 43.6 Å². The van der Waals surface area contributed by atoms with Gasteiger partial charge in [-0.15, -0.1) is 0 Å². The van der Waals surface area contributed by atoms with E-state index in [0.717, 1.165) is 31.0 Å². The summed E-state index contributed by atoms with van der Waals surface area (Å²) in [4.78, 5) is 0. The number of aromatic nitrogens is 2. The molecule has 6 heteroatoms. The van der Waals surface area contributed by atoms with Crippen molar-refractivity contribution in [2.75, 3.05) is 7.05 Å². The molecule has 1 N–H and O–H groups in total. The molecule has 0 spiro atoms. The molecule has 1 saturated carbocycles. The fourth-order valence-electron chi connectivity index (χ4n) is 2.05. The van der Waals surface area contributed by atoms with Crippen LogP contribution in [-0.2, 0) is 6.18 Å². The number of halogens is 3. The Morgan fingerprint density at radius 2 is 2.18 bits per heavy atom. The van der Waals surface area contributed by atoms with Gasteiger partial charge in [0.1, 0.15) is 0 Å². The Balaban J connectivity index is 2.21. The van der Waals surface area contributed by atoms with E-state index < -0.39 is 11.9 Å². The van der Waals surface area contributed by atoms with E-state index in [1.165, 1.54) is 4.68 Å². The maximum Gasteiger partial charge on any atom is 0.435 e. The van der Waals surface area contributed by atoms with Crippen LogP contribution >= 0.6 is 0 Å². The molecule has 0 saturated heterocycles. The highest BCUT2D eigenvalue weighted by molar-refractivity contribution is 5.36. The van der Waals surface area contributed by atoms with Crippen molar-refractivity contribution in [2.45, 2.75) is 38.3 Å². The topological polar surface area (TPSA) is 29.9 Å². The Labute approximate surface area is 128 Å². The zero-order valence-electron chi connectivity index (χ0n) is 12.7. The quantitative estimate of drug-likeness (QED) is 0.793. The Hall–Kier alpha value is -1.98.